The molecule has 6 nitrogen and oxygen atoms in total. The molecule has 3 aromatic rings. The fourth-order valence-electron chi connectivity index (χ4n) is 3.60. The number of benzene rings is 1. The molecule has 0 radical (unpaired) electrons. The summed E-state index contributed by atoms with van der Waals surface area (Å²) in [6.07, 6.45) is 0. The van der Waals surface area contributed by atoms with Crippen LogP contribution >= 0.6 is 0 Å². The van der Waals surface area contributed by atoms with E-state index < -0.39 is 0 Å². The Bertz CT molecular complexity index is 1070. The molecule has 148 valence electrons. The summed E-state index contributed by atoms with van der Waals surface area (Å²) in [6, 6.07) is 13.7. The van der Waals surface area contributed by atoms with Crippen LogP contribution in [-0.4, -0.2) is 29.2 Å². The van der Waals surface area contributed by atoms with Crippen molar-refractivity contribution >= 4 is 17.5 Å². The summed E-state index contributed by atoms with van der Waals surface area (Å²) in [5, 5.41) is 2.97. The molecule has 0 saturated carbocycles. The van der Waals surface area contributed by atoms with Crippen LogP contribution in [0.1, 0.15) is 22.5 Å². The maximum absolute atomic E-state index is 13.1. The molecule has 3 heterocycles. The smallest absolute Gasteiger partial charge is 0.327 e. The minimum absolute atomic E-state index is 0.229. The van der Waals surface area contributed by atoms with Crippen LogP contribution < -0.4 is 15.0 Å². The molecule has 4 rings (SSSR count). The summed E-state index contributed by atoms with van der Waals surface area (Å²) in [5.74, 6) is 1.21. The van der Waals surface area contributed by atoms with E-state index in [0.29, 0.717) is 24.7 Å². The lowest BCUT2D eigenvalue weighted by molar-refractivity contribution is 0.249. The minimum atomic E-state index is -0.229. The van der Waals surface area contributed by atoms with Gasteiger partial charge in [0.2, 0.25) is 0 Å². The van der Waals surface area contributed by atoms with Gasteiger partial charge in [-0.1, -0.05) is 23.8 Å². The van der Waals surface area contributed by atoms with Gasteiger partial charge in [0.1, 0.15) is 6.61 Å². The van der Waals surface area contributed by atoms with E-state index in [4.69, 9.17) is 9.72 Å². The van der Waals surface area contributed by atoms with Crippen molar-refractivity contribution in [3.63, 3.8) is 0 Å². The number of ether oxygens (including phenoxy) is 1. The van der Waals surface area contributed by atoms with E-state index in [1.165, 1.54) is 0 Å². The van der Waals surface area contributed by atoms with Crippen molar-refractivity contribution in [2.75, 3.05) is 23.4 Å². The molecule has 1 aliphatic heterocycles. The number of nitrogens with zero attached hydrogens (tertiary/aromatic N) is 3. The number of hydrogen-bond acceptors (Lipinski definition) is 4. The Labute approximate surface area is 170 Å². The average molecular weight is 388 g/mol. The SMILES string of the molecule is Cc1cccc(-c2cc(C)c3c(n2)N(C(=O)Nc2cc(C)nc(C)c2)CCO3)c1. The second-order valence-corrected chi connectivity index (χ2v) is 7.42. The number of pyridine rings is 2. The number of anilines is 2. The van der Waals surface area contributed by atoms with Crippen molar-refractivity contribution in [3.8, 4) is 17.0 Å². The summed E-state index contributed by atoms with van der Waals surface area (Å²) in [4.78, 5) is 23.9. The van der Waals surface area contributed by atoms with Gasteiger partial charge in [0.25, 0.3) is 0 Å². The number of aryl methyl sites for hydroxylation is 4. The molecule has 0 unspecified atom stereocenters. The third kappa shape index (κ3) is 3.92. The van der Waals surface area contributed by atoms with Gasteiger partial charge in [0, 0.05) is 22.6 Å². The van der Waals surface area contributed by atoms with Gasteiger partial charge in [-0.15, -0.1) is 0 Å². The van der Waals surface area contributed by atoms with Gasteiger partial charge in [-0.2, -0.15) is 0 Å². The van der Waals surface area contributed by atoms with Gasteiger partial charge < -0.3 is 10.1 Å². The van der Waals surface area contributed by atoms with Gasteiger partial charge in [-0.25, -0.2) is 9.78 Å². The first-order valence-electron chi connectivity index (χ1n) is 9.66. The molecule has 1 aromatic carbocycles. The molecule has 0 fully saturated rings. The monoisotopic (exact) mass is 388 g/mol. The molecule has 2 amide bonds. The van der Waals surface area contributed by atoms with Crippen molar-refractivity contribution in [1.82, 2.24) is 9.97 Å². The predicted molar refractivity (Wildman–Crippen MR) is 115 cm³/mol. The van der Waals surface area contributed by atoms with Crippen LogP contribution in [0.5, 0.6) is 5.75 Å². The first kappa shape index (κ1) is 18.9. The Morgan fingerprint density at radius 3 is 2.52 bits per heavy atom. The molecule has 6 heteroatoms. The van der Waals surface area contributed by atoms with Crippen molar-refractivity contribution < 1.29 is 9.53 Å². The highest BCUT2D eigenvalue weighted by Crippen LogP contribution is 2.36. The van der Waals surface area contributed by atoms with E-state index in [2.05, 4.69) is 29.4 Å². The van der Waals surface area contributed by atoms with Crippen LogP contribution in [0, 0.1) is 27.7 Å². The Balaban J connectivity index is 1.70. The van der Waals surface area contributed by atoms with Gasteiger partial charge in [-0.3, -0.25) is 9.88 Å². The molecule has 0 spiro atoms. The third-order valence-electron chi connectivity index (χ3n) is 4.85. The Hall–Kier alpha value is -3.41. The lowest BCUT2D eigenvalue weighted by Gasteiger charge is -2.30. The summed E-state index contributed by atoms with van der Waals surface area (Å²) in [5.41, 5.74) is 6.40. The van der Waals surface area contributed by atoms with Gasteiger partial charge in [0.15, 0.2) is 11.6 Å². The Morgan fingerprint density at radius 1 is 1.03 bits per heavy atom. The molecule has 0 saturated heterocycles. The number of aromatic nitrogens is 2. The van der Waals surface area contributed by atoms with Crippen LogP contribution in [0.25, 0.3) is 11.3 Å². The number of amides is 2. The second kappa shape index (κ2) is 7.54. The Morgan fingerprint density at radius 2 is 1.79 bits per heavy atom. The van der Waals surface area contributed by atoms with Gasteiger partial charge >= 0.3 is 6.03 Å². The highest BCUT2D eigenvalue weighted by Gasteiger charge is 2.27. The van der Waals surface area contributed by atoms with Crippen molar-refractivity contribution in [3.05, 3.63) is 65.0 Å². The molecule has 0 atom stereocenters. The maximum atomic E-state index is 13.1. The number of nitrogens with one attached hydrogen (secondary N) is 1. The standard InChI is InChI=1S/C23H24N4O2/c1-14-6-5-7-18(10-14)20-11-15(2)21-22(26-20)27(8-9-29-21)23(28)25-19-12-16(3)24-17(4)13-19/h5-7,10-13H,8-9H2,1-4H3,(H,24,25,28). The Kier molecular flexibility index (Phi) is 4.92. The summed E-state index contributed by atoms with van der Waals surface area (Å²) >= 11 is 0. The van der Waals surface area contributed by atoms with Crippen LogP contribution in [-0.2, 0) is 0 Å². The van der Waals surface area contributed by atoms with Gasteiger partial charge in [0.05, 0.1) is 12.2 Å². The highest BCUT2D eigenvalue weighted by molar-refractivity contribution is 6.02. The van der Waals surface area contributed by atoms with Gasteiger partial charge in [-0.05, 0) is 57.5 Å². The molecular formula is C23H24N4O2. The second-order valence-electron chi connectivity index (χ2n) is 7.42. The van der Waals surface area contributed by atoms with E-state index in [9.17, 15) is 4.79 Å². The molecule has 2 aromatic heterocycles. The van der Waals surface area contributed by atoms with E-state index in [1.54, 1.807) is 4.90 Å². The molecule has 0 bridgehead atoms. The maximum Gasteiger partial charge on any atom is 0.327 e. The normalized spacial score (nSPS) is 12.9. The highest BCUT2D eigenvalue weighted by atomic mass is 16.5. The van der Waals surface area contributed by atoms with E-state index in [-0.39, 0.29) is 6.03 Å². The number of carbonyl (C=O) groups excluding carboxylic acids is 1. The fraction of sp³-hybridized carbons (Fsp3) is 0.261. The lowest BCUT2D eigenvalue weighted by atomic mass is 10.1. The van der Waals surface area contributed by atoms with Crippen molar-refractivity contribution in [1.29, 1.82) is 0 Å². The van der Waals surface area contributed by atoms with Crippen LogP contribution in [0.4, 0.5) is 16.3 Å². The van der Waals surface area contributed by atoms with Crippen molar-refractivity contribution in [2.24, 2.45) is 0 Å². The molecule has 29 heavy (non-hydrogen) atoms. The number of rotatable bonds is 2. The summed E-state index contributed by atoms with van der Waals surface area (Å²) in [6.45, 7) is 8.72. The number of carbonyl (C=O) groups is 1. The summed E-state index contributed by atoms with van der Waals surface area (Å²) < 4.78 is 5.84. The number of urea groups is 1. The van der Waals surface area contributed by atoms with E-state index >= 15 is 0 Å². The zero-order chi connectivity index (χ0) is 20.5. The molecule has 0 aliphatic carbocycles. The number of fused-ring (bicyclic) bond motifs is 1. The molecule has 1 aliphatic rings. The fourth-order valence-corrected chi connectivity index (χ4v) is 3.60. The van der Waals surface area contributed by atoms with Crippen molar-refractivity contribution in [2.45, 2.75) is 27.7 Å². The van der Waals surface area contributed by atoms with Crippen LogP contribution in [0.2, 0.25) is 0 Å². The van der Waals surface area contributed by atoms with Crippen LogP contribution in [0.15, 0.2) is 42.5 Å². The number of hydrogen-bond donors (Lipinski definition) is 1. The van der Waals surface area contributed by atoms with E-state index in [0.717, 1.165) is 39.5 Å². The predicted octanol–water partition coefficient (Wildman–Crippen LogP) is 4.81. The first-order chi connectivity index (χ1) is 13.9. The first-order valence-corrected chi connectivity index (χ1v) is 9.66. The molecule has 1 N–H and O–H groups in total. The topological polar surface area (TPSA) is 67.4 Å². The van der Waals surface area contributed by atoms with Crippen LogP contribution in [0.3, 0.4) is 0 Å². The summed E-state index contributed by atoms with van der Waals surface area (Å²) in [7, 11) is 0. The zero-order valence-corrected chi connectivity index (χ0v) is 17.1. The minimum Gasteiger partial charge on any atom is -0.488 e. The lowest BCUT2D eigenvalue weighted by Crippen LogP contribution is -2.41. The molecular weight excluding hydrogens is 364 g/mol. The quantitative estimate of drug-likeness (QED) is 0.684. The largest absolute Gasteiger partial charge is 0.488 e. The third-order valence-corrected chi connectivity index (χ3v) is 4.85. The zero-order valence-electron chi connectivity index (χ0n) is 17.1. The average Bonchev–Trinajstić information content (AvgIpc) is 2.66. The van der Waals surface area contributed by atoms with E-state index in [1.807, 2.05) is 51.1 Å².